The van der Waals surface area contributed by atoms with E-state index in [9.17, 15) is 9.59 Å². The van der Waals surface area contributed by atoms with Crippen molar-refractivity contribution in [3.8, 4) is 0 Å². The van der Waals surface area contributed by atoms with Gasteiger partial charge in [-0.3, -0.25) is 19.3 Å². The summed E-state index contributed by atoms with van der Waals surface area (Å²) in [5.74, 6) is 0.395. The first kappa shape index (κ1) is 11.4. The lowest BCUT2D eigenvalue weighted by Gasteiger charge is -2.20. The van der Waals surface area contributed by atoms with Crippen molar-refractivity contribution in [1.82, 2.24) is 19.9 Å². The standard InChI is InChI=1S/C13H13N5O2/c19-10-7-13(11(20)14-10)4-6-17(8-13)12-16-15-9-3-1-2-5-18(9)12/h1-3,5H,4,6-8H2,(H,14,19,20). The highest BCUT2D eigenvalue weighted by Crippen LogP contribution is 2.39. The highest BCUT2D eigenvalue weighted by molar-refractivity contribution is 6.06. The molecule has 1 spiro atoms. The molecule has 4 rings (SSSR count). The minimum absolute atomic E-state index is 0.154. The average molecular weight is 271 g/mol. The van der Waals surface area contributed by atoms with E-state index in [-0.39, 0.29) is 18.2 Å². The SMILES string of the molecule is O=C1CC2(CCN(c3nnc4ccccn34)C2)C(=O)N1. The van der Waals surface area contributed by atoms with E-state index in [0.29, 0.717) is 19.5 Å². The highest BCUT2D eigenvalue weighted by Gasteiger charge is 2.51. The summed E-state index contributed by atoms with van der Waals surface area (Å²) < 4.78 is 1.90. The number of carbonyl (C=O) groups excluding carboxylic acids is 2. The molecular weight excluding hydrogens is 258 g/mol. The fourth-order valence-electron chi connectivity index (χ4n) is 3.11. The molecule has 2 aromatic heterocycles. The molecule has 2 aliphatic rings. The molecule has 0 radical (unpaired) electrons. The molecule has 2 saturated heterocycles. The minimum atomic E-state index is -0.586. The van der Waals surface area contributed by atoms with Crippen LogP contribution in [0.15, 0.2) is 24.4 Å². The molecule has 0 aromatic carbocycles. The Hall–Kier alpha value is -2.44. The predicted octanol–water partition coefficient (Wildman–Crippen LogP) is -0.0277. The van der Waals surface area contributed by atoms with Crippen LogP contribution in [0.5, 0.6) is 0 Å². The molecular formula is C13H13N5O2. The van der Waals surface area contributed by atoms with E-state index in [2.05, 4.69) is 15.5 Å². The van der Waals surface area contributed by atoms with Crippen LogP contribution in [0.2, 0.25) is 0 Å². The second-order valence-electron chi connectivity index (χ2n) is 5.43. The van der Waals surface area contributed by atoms with Crippen LogP contribution in [0.4, 0.5) is 5.95 Å². The number of carbonyl (C=O) groups is 2. The zero-order valence-corrected chi connectivity index (χ0v) is 10.7. The first-order chi connectivity index (χ1) is 9.68. The van der Waals surface area contributed by atoms with Gasteiger partial charge in [0.05, 0.1) is 5.41 Å². The van der Waals surface area contributed by atoms with Gasteiger partial charge in [-0.15, -0.1) is 10.2 Å². The summed E-state index contributed by atoms with van der Waals surface area (Å²) in [5, 5.41) is 10.7. The molecule has 20 heavy (non-hydrogen) atoms. The first-order valence-electron chi connectivity index (χ1n) is 6.57. The number of imide groups is 1. The lowest BCUT2D eigenvalue weighted by molar-refractivity contribution is -0.127. The summed E-state index contributed by atoms with van der Waals surface area (Å²) in [4.78, 5) is 25.4. The van der Waals surface area contributed by atoms with Crippen LogP contribution in [0.1, 0.15) is 12.8 Å². The van der Waals surface area contributed by atoms with Gasteiger partial charge in [0, 0.05) is 25.7 Å². The van der Waals surface area contributed by atoms with Crippen LogP contribution < -0.4 is 10.2 Å². The van der Waals surface area contributed by atoms with E-state index in [1.807, 2.05) is 33.7 Å². The highest BCUT2D eigenvalue weighted by atomic mass is 16.2. The van der Waals surface area contributed by atoms with Crippen molar-refractivity contribution in [3.05, 3.63) is 24.4 Å². The average Bonchev–Trinajstić information content (AvgIpc) is 3.09. The Balaban J connectivity index is 1.69. The summed E-state index contributed by atoms with van der Waals surface area (Å²) in [6.45, 7) is 1.22. The molecule has 1 N–H and O–H groups in total. The van der Waals surface area contributed by atoms with Crippen molar-refractivity contribution in [2.45, 2.75) is 12.8 Å². The maximum atomic E-state index is 12.0. The molecule has 7 nitrogen and oxygen atoms in total. The number of aromatic nitrogens is 3. The van der Waals surface area contributed by atoms with Crippen LogP contribution in [-0.2, 0) is 9.59 Å². The number of hydrogen-bond donors (Lipinski definition) is 1. The number of pyridine rings is 1. The zero-order valence-electron chi connectivity index (χ0n) is 10.7. The fraction of sp³-hybridized carbons (Fsp3) is 0.385. The first-order valence-corrected chi connectivity index (χ1v) is 6.57. The summed E-state index contributed by atoms with van der Waals surface area (Å²) in [6.07, 6.45) is 2.85. The maximum Gasteiger partial charge on any atom is 0.235 e. The van der Waals surface area contributed by atoms with Gasteiger partial charge in [-0.25, -0.2) is 0 Å². The van der Waals surface area contributed by atoms with Gasteiger partial charge in [-0.2, -0.15) is 0 Å². The topological polar surface area (TPSA) is 79.6 Å². The Morgan fingerprint density at radius 3 is 2.95 bits per heavy atom. The smallest absolute Gasteiger partial charge is 0.235 e. The molecule has 1 unspecified atom stereocenters. The van der Waals surface area contributed by atoms with Gasteiger partial charge < -0.3 is 4.90 Å². The quantitative estimate of drug-likeness (QED) is 0.737. The van der Waals surface area contributed by atoms with Crippen LogP contribution in [0.25, 0.3) is 5.65 Å². The van der Waals surface area contributed by atoms with Crippen LogP contribution in [0, 0.1) is 5.41 Å². The monoisotopic (exact) mass is 271 g/mol. The van der Waals surface area contributed by atoms with Crippen molar-refractivity contribution in [3.63, 3.8) is 0 Å². The Kier molecular flexibility index (Phi) is 2.15. The van der Waals surface area contributed by atoms with Crippen molar-refractivity contribution >= 4 is 23.4 Å². The third-order valence-corrected chi connectivity index (χ3v) is 4.17. The molecule has 102 valence electrons. The normalized spacial score (nSPS) is 25.9. The molecule has 0 aliphatic carbocycles. The number of rotatable bonds is 1. The third kappa shape index (κ3) is 1.46. The molecule has 2 aromatic rings. The van der Waals surface area contributed by atoms with Crippen molar-refractivity contribution < 1.29 is 9.59 Å². The molecule has 2 aliphatic heterocycles. The van der Waals surface area contributed by atoms with E-state index in [4.69, 9.17) is 0 Å². The van der Waals surface area contributed by atoms with Gasteiger partial charge in [0.25, 0.3) is 0 Å². The van der Waals surface area contributed by atoms with E-state index in [1.165, 1.54) is 0 Å². The second-order valence-corrected chi connectivity index (χ2v) is 5.43. The van der Waals surface area contributed by atoms with Crippen LogP contribution in [-0.4, -0.2) is 39.5 Å². The zero-order chi connectivity index (χ0) is 13.7. The lowest BCUT2D eigenvalue weighted by atomic mass is 9.85. The van der Waals surface area contributed by atoms with Crippen LogP contribution in [0.3, 0.4) is 0 Å². The van der Waals surface area contributed by atoms with Gasteiger partial charge in [0.2, 0.25) is 17.8 Å². The van der Waals surface area contributed by atoms with E-state index >= 15 is 0 Å². The van der Waals surface area contributed by atoms with Crippen LogP contribution >= 0.6 is 0 Å². The van der Waals surface area contributed by atoms with Crippen molar-refractivity contribution in [2.24, 2.45) is 5.41 Å². The summed E-state index contributed by atoms with van der Waals surface area (Å²) in [5.41, 5.74) is 0.188. The molecule has 2 amide bonds. The molecule has 0 bridgehead atoms. The molecule has 1 atom stereocenters. The Morgan fingerprint density at radius 1 is 1.25 bits per heavy atom. The minimum Gasteiger partial charge on any atom is -0.339 e. The molecule has 2 fully saturated rings. The fourth-order valence-corrected chi connectivity index (χ4v) is 3.11. The van der Waals surface area contributed by atoms with Gasteiger partial charge in [-0.1, -0.05) is 6.07 Å². The van der Waals surface area contributed by atoms with Gasteiger partial charge >= 0.3 is 0 Å². The molecule has 4 heterocycles. The van der Waals surface area contributed by atoms with E-state index < -0.39 is 5.41 Å². The maximum absolute atomic E-state index is 12.0. The van der Waals surface area contributed by atoms with Gasteiger partial charge in [0.15, 0.2) is 5.65 Å². The van der Waals surface area contributed by atoms with E-state index in [1.54, 1.807) is 0 Å². The number of nitrogens with one attached hydrogen (secondary N) is 1. The third-order valence-electron chi connectivity index (χ3n) is 4.17. The van der Waals surface area contributed by atoms with E-state index in [0.717, 1.165) is 11.6 Å². The number of nitrogens with zero attached hydrogens (tertiary/aromatic N) is 4. The van der Waals surface area contributed by atoms with Crippen molar-refractivity contribution in [1.29, 1.82) is 0 Å². The Bertz CT molecular complexity index is 724. The van der Waals surface area contributed by atoms with Crippen molar-refractivity contribution in [2.75, 3.05) is 18.0 Å². The number of amides is 2. The number of hydrogen-bond acceptors (Lipinski definition) is 5. The molecule has 7 heteroatoms. The number of anilines is 1. The largest absolute Gasteiger partial charge is 0.339 e. The Labute approximate surface area is 114 Å². The predicted molar refractivity (Wildman–Crippen MR) is 70.0 cm³/mol. The van der Waals surface area contributed by atoms with Gasteiger partial charge in [-0.05, 0) is 18.6 Å². The summed E-state index contributed by atoms with van der Waals surface area (Å²) in [6, 6.07) is 5.70. The lowest BCUT2D eigenvalue weighted by Crippen LogP contribution is -2.35. The molecule has 0 saturated carbocycles. The summed E-state index contributed by atoms with van der Waals surface area (Å²) in [7, 11) is 0. The number of fused-ring (bicyclic) bond motifs is 1. The Morgan fingerprint density at radius 2 is 2.15 bits per heavy atom. The second kappa shape index (κ2) is 3.78. The summed E-state index contributed by atoms with van der Waals surface area (Å²) >= 11 is 0. The van der Waals surface area contributed by atoms with Gasteiger partial charge in [0.1, 0.15) is 0 Å².